The van der Waals surface area contributed by atoms with E-state index in [1.165, 1.54) is 13.8 Å². The van der Waals surface area contributed by atoms with Gasteiger partial charge in [-0.15, -0.1) is 0 Å². The van der Waals surface area contributed by atoms with Crippen LogP contribution >= 0.6 is 0 Å². The summed E-state index contributed by atoms with van der Waals surface area (Å²) in [6.07, 6.45) is -0.156. The fourth-order valence-electron chi connectivity index (χ4n) is 4.80. The number of hydrogen-bond acceptors (Lipinski definition) is 12. The van der Waals surface area contributed by atoms with Crippen molar-refractivity contribution in [2.45, 2.75) is 109 Å². The van der Waals surface area contributed by atoms with E-state index >= 15 is 0 Å². The first kappa shape index (κ1) is 39.3. The van der Waals surface area contributed by atoms with Crippen LogP contribution in [0.4, 0.5) is 0 Å². The molecular weight excluding hydrogens is 596 g/mol. The number of ether oxygens (including phenoxy) is 3. The van der Waals surface area contributed by atoms with Crippen molar-refractivity contribution >= 4 is 29.7 Å². The number of amides is 2. The van der Waals surface area contributed by atoms with E-state index < -0.39 is 66.7 Å². The van der Waals surface area contributed by atoms with E-state index in [0.717, 1.165) is 18.9 Å². The minimum absolute atomic E-state index is 0.0613. The quantitative estimate of drug-likeness (QED) is 0.0574. The topological polar surface area (TPSA) is 289 Å². The van der Waals surface area contributed by atoms with Crippen LogP contribution < -0.4 is 27.4 Å². The van der Waals surface area contributed by atoms with Crippen molar-refractivity contribution in [1.29, 1.82) is 5.41 Å². The van der Waals surface area contributed by atoms with Gasteiger partial charge >= 0.3 is 11.9 Å². The van der Waals surface area contributed by atoms with Gasteiger partial charge in [0.15, 0.2) is 5.96 Å². The van der Waals surface area contributed by atoms with E-state index in [9.17, 15) is 29.4 Å². The molecule has 17 nitrogen and oxygen atoms in total. The fraction of sp³-hybridized carbons (Fsp3) is 0.679. The fourth-order valence-corrected chi connectivity index (χ4v) is 4.80. The van der Waals surface area contributed by atoms with Crippen molar-refractivity contribution in [3.05, 3.63) is 23.5 Å². The third-order valence-corrected chi connectivity index (χ3v) is 6.96. The summed E-state index contributed by atoms with van der Waals surface area (Å²) in [4.78, 5) is 45.9. The van der Waals surface area contributed by atoms with Gasteiger partial charge in [-0.05, 0) is 38.3 Å². The van der Waals surface area contributed by atoms with Crippen LogP contribution in [-0.2, 0) is 33.4 Å². The Bertz CT molecular complexity index is 1100. The van der Waals surface area contributed by atoms with E-state index in [1.807, 2.05) is 13.8 Å². The SMILES string of the molecule is CC(=O)N[C@H]1[C@H]([C@H](O)[C@H](O)CO)OC(C(=O)O)=C[C@@H]1NC(=N)N.CCOC(=O)C1=C[C@@H](OC(CC)CC)[C@H](NC(C)=O)[C@@H](N)C1. The number of carbonyl (C=O) groups excluding carboxylic acids is 3. The number of carboxylic acids is 1. The highest BCUT2D eigenvalue weighted by Crippen LogP contribution is 2.25. The van der Waals surface area contributed by atoms with E-state index in [-0.39, 0.29) is 30.1 Å². The lowest BCUT2D eigenvalue weighted by Gasteiger charge is -2.40. The number of carboxylic acid groups (broad SMARTS) is 1. The van der Waals surface area contributed by atoms with Gasteiger partial charge in [0.1, 0.15) is 18.3 Å². The van der Waals surface area contributed by atoms with Crippen LogP contribution in [-0.4, -0.2) is 118 Å². The lowest BCUT2D eigenvalue weighted by atomic mass is 9.88. The van der Waals surface area contributed by atoms with Crippen molar-refractivity contribution in [3.8, 4) is 0 Å². The molecule has 2 amide bonds. The zero-order chi connectivity index (χ0) is 34.4. The third-order valence-electron chi connectivity index (χ3n) is 6.96. The Morgan fingerprint density at radius 3 is 2.09 bits per heavy atom. The summed E-state index contributed by atoms with van der Waals surface area (Å²) < 4.78 is 16.2. The Balaban J connectivity index is 0.000000450. The standard InChI is InChI=1S/C16H28N2O4.C12H20N4O7/c1-5-12(6-2)22-14-9-11(16(20)21-7-3)8-13(17)15(14)18-10(4)19;1-4(18)15-8-5(16-12(13)14)2-7(11(21)22)23-10(8)9(20)6(19)3-17/h9,12-15H,5-8,17H2,1-4H3,(H,18,19);2,5-6,8-10,17,19-20H,3H2,1H3,(H,15,18)(H,21,22)(H4,13,14,16)/t13-,14+,15+;5-,6+,8+,9+,10+/m00/s1. The molecule has 0 aromatic heterocycles. The number of carbonyl (C=O) groups is 4. The van der Waals surface area contributed by atoms with Crippen molar-refractivity contribution in [2.24, 2.45) is 11.5 Å². The predicted octanol–water partition coefficient (Wildman–Crippen LogP) is -2.29. The molecule has 0 radical (unpaired) electrons. The third kappa shape index (κ3) is 12.3. The molecule has 45 heavy (non-hydrogen) atoms. The number of rotatable bonds is 13. The summed E-state index contributed by atoms with van der Waals surface area (Å²) in [6.45, 7) is 8.00. The van der Waals surface area contributed by atoms with Crippen LogP contribution in [0.1, 0.15) is 53.9 Å². The number of esters is 1. The number of aliphatic hydroxyl groups excluding tert-OH is 3. The van der Waals surface area contributed by atoms with E-state index in [4.69, 9.17) is 41.3 Å². The molecule has 2 rings (SSSR count). The van der Waals surface area contributed by atoms with Gasteiger partial charge in [0.25, 0.3) is 0 Å². The zero-order valence-corrected chi connectivity index (χ0v) is 26.2. The van der Waals surface area contributed by atoms with Crippen LogP contribution in [0.3, 0.4) is 0 Å². The number of nitrogens with two attached hydrogens (primary N) is 2. The van der Waals surface area contributed by atoms with Gasteiger partial charge in [0, 0.05) is 25.5 Å². The maximum Gasteiger partial charge on any atom is 0.370 e. The Morgan fingerprint density at radius 2 is 1.62 bits per heavy atom. The molecule has 12 N–H and O–H groups in total. The molecule has 2 aliphatic rings. The molecule has 0 saturated heterocycles. The molecule has 1 heterocycles. The lowest BCUT2D eigenvalue weighted by molar-refractivity contribution is -0.146. The monoisotopic (exact) mass is 644 g/mol. The zero-order valence-electron chi connectivity index (χ0n) is 26.2. The smallest absolute Gasteiger partial charge is 0.370 e. The van der Waals surface area contributed by atoms with Crippen LogP contribution in [0, 0.1) is 5.41 Å². The Morgan fingerprint density at radius 1 is 1.04 bits per heavy atom. The second-order valence-electron chi connectivity index (χ2n) is 10.5. The van der Waals surface area contributed by atoms with Gasteiger partial charge in [-0.25, -0.2) is 9.59 Å². The lowest BCUT2D eigenvalue weighted by Crippen LogP contribution is -2.64. The van der Waals surface area contributed by atoms with Crippen molar-refractivity contribution in [3.63, 3.8) is 0 Å². The number of aliphatic carboxylic acids is 1. The number of hydrogen-bond donors (Lipinski definition) is 10. The summed E-state index contributed by atoms with van der Waals surface area (Å²) in [7, 11) is 0. The first-order valence-electron chi connectivity index (χ1n) is 14.6. The van der Waals surface area contributed by atoms with E-state index in [2.05, 4.69) is 16.0 Å². The van der Waals surface area contributed by atoms with Gasteiger partial charge in [-0.3, -0.25) is 15.0 Å². The summed E-state index contributed by atoms with van der Waals surface area (Å²) in [6, 6.07) is -2.75. The normalized spacial score (nSPS) is 25.6. The second-order valence-corrected chi connectivity index (χ2v) is 10.5. The molecule has 8 atom stereocenters. The minimum atomic E-state index is -1.70. The first-order valence-corrected chi connectivity index (χ1v) is 14.6. The van der Waals surface area contributed by atoms with Gasteiger partial charge in [0.2, 0.25) is 17.6 Å². The number of guanidine groups is 1. The van der Waals surface area contributed by atoms with Crippen LogP contribution in [0.2, 0.25) is 0 Å². The summed E-state index contributed by atoms with van der Waals surface area (Å²) in [5.74, 6) is -3.54. The van der Waals surface area contributed by atoms with E-state index in [1.54, 1.807) is 13.0 Å². The molecule has 0 aromatic carbocycles. The molecule has 0 bridgehead atoms. The van der Waals surface area contributed by atoms with Crippen molar-refractivity contribution in [1.82, 2.24) is 16.0 Å². The van der Waals surface area contributed by atoms with Crippen molar-refractivity contribution in [2.75, 3.05) is 13.2 Å². The summed E-state index contributed by atoms with van der Waals surface area (Å²) in [5.41, 5.74) is 11.9. The number of aliphatic hydroxyl groups is 3. The minimum Gasteiger partial charge on any atom is -0.478 e. The van der Waals surface area contributed by atoms with Gasteiger partial charge in [0.05, 0.1) is 43.5 Å². The second kappa shape index (κ2) is 18.9. The van der Waals surface area contributed by atoms with E-state index in [0.29, 0.717) is 18.6 Å². The summed E-state index contributed by atoms with van der Waals surface area (Å²) >= 11 is 0. The largest absolute Gasteiger partial charge is 0.478 e. The maximum atomic E-state index is 12.0. The average Bonchev–Trinajstić information content (AvgIpc) is 2.96. The Labute approximate surface area is 261 Å². The highest BCUT2D eigenvalue weighted by molar-refractivity contribution is 5.89. The van der Waals surface area contributed by atoms with Crippen LogP contribution in [0.15, 0.2) is 23.5 Å². The molecule has 0 aromatic rings. The van der Waals surface area contributed by atoms with Gasteiger partial charge in [-0.2, -0.15) is 0 Å². The van der Waals surface area contributed by atoms with Gasteiger partial charge in [-0.1, -0.05) is 13.8 Å². The van der Waals surface area contributed by atoms with Crippen LogP contribution in [0.5, 0.6) is 0 Å². The summed E-state index contributed by atoms with van der Waals surface area (Å²) in [5, 5.41) is 52.6. The molecule has 0 unspecified atom stereocenters. The molecule has 17 heteroatoms. The molecule has 256 valence electrons. The molecule has 1 aliphatic heterocycles. The predicted molar refractivity (Wildman–Crippen MR) is 160 cm³/mol. The Kier molecular flexibility index (Phi) is 16.5. The molecule has 1 aliphatic carbocycles. The molecule has 0 spiro atoms. The van der Waals surface area contributed by atoms with Gasteiger partial charge < -0.3 is 62.1 Å². The van der Waals surface area contributed by atoms with Crippen molar-refractivity contribution < 1.29 is 53.8 Å². The number of nitrogens with one attached hydrogen (secondary N) is 4. The first-order chi connectivity index (χ1) is 21.1. The molecule has 0 fully saturated rings. The van der Waals surface area contributed by atoms with Crippen LogP contribution in [0.25, 0.3) is 0 Å². The average molecular weight is 645 g/mol. The molecule has 0 saturated carbocycles. The maximum absolute atomic E-state index is 12.0. The highest BCUT2D eigenvalue weighted by Gasteiger charge is 2.43. The molecular formula is C28H48N6O11. The Hall–Kier alpha value is -3.77. The highest BCUT2D eigenvalue weighted by atomic mass is 16.5.